The number of nitrogens with zero attached hydrogens (tertiary/aromatic N) is 5. The number of piperazine rings is 1. The average molecular weight is 536 g/mol. The molecule has 2 aliphatic heterocycles. The van der Waals surface area contributed by atoms with E-state index in [0.29, 0.717) is 52.4 Å². The van der Waals surface area contributed by atoms with Crippen LogP contribution in [-0.2, 0) is 11.3 Å². The summed E-state index contributed by atoms with van der Waals surface area (Å²) in [6, 6.07) is 11.8. The van der Waals surface area contributed by atoms with Crippen molar-refractivity contribution in [3.05, 3.63) is 80.1 Å². The SMILES string of the molecule is Cc1ccc(CN2C(=O)/C(=C/c3c(N4CCN(CCO)CC4)nc4ccc(C)cn4c3=O)SC2=S)cc1. The van der Waals surface area contributed by atoms with E-state index in [1.165, 1.54) is 11.8 Å². The number of fused-ring (bicyclic) bond motifs is 1. The number of amides is 1. The van der Waals surface area contributed by atoms with E-state index < -0.39 is 0 Å². The molecule has 0 aliphatic carbocycles. The predicted molar refractivity (Wildman–Crippen MR) is 152 cm³/mol. The molecule has 0 saturated carbocycles. The van der Waals surface area contributed by atoms with Gasteiger partial charge in [-0.15, -0.1) is 0 Å². The van der Waals surface area contributed by atoms with E-state index >= 15 is 0 Å². The highest BCUT2D eigenvalue weighted by molar-refractivity contribution is 8.26. The van der Waals surface area contributed by atoms with Crippen molar-refractivity contribution in [1.82, 2.24) is 19.2 Å². The summed E-state index contributed by atoms with van der Waals surface area (Å²) in [5.74, 6) is 0.365. The second kappa shape index (κ2) is 10.7. The Morgan fingerprint density at radius 3 is 2.43 bits per heavy atom. The van der Waals surface area contributed by atoms with Crippen LogP contribution in [0.3, 0.4) is 0 Å². The lowest BCUT2D eigenvalue weighted by Gasteiger charge is -2.35. The molecule has 5 rings (SSSR count). The van der Waals surface area contributed by atoms with Crippen molar-refractivity contribution in [2.45, 2.75) is 20.4 Å². The van der Waals surface area contributed by atoms with Crippen molar-refractivity contribution in [2.75, 3.05) is 44.2 Å². The highest BCUT2D eigenvalue weighted by atomic mass is 32.2. The third kappa shape index (κ3) is 5.33. The molecule has 8 nitrogen and oxygen atoms in total. The number of carbonyl (C=O) groups is 1. The number of aromatic nitrogens is 2. The number of aryl methyl sites for hydroxylation is 2. The summed E-state index contributed by atoms with van der Waals surface area (Å²) in [5, 5.41) is 9.29. The summed E-state index contributed by atoms with van der Waals surface area (Å²) in [5.41, 5.74) is 3.82. The Morgan fingerprint density at radius 2 is 1.73 bits per heavy atom. The Kier molecular flexibility index (Phi) is 7.43. The van der Waals surface area contributed by atoms with E-state index in [2.05, 4.69) is 9.80 Å². The molecular formula is C27H29N5O3S2. The van der Waals surface area contributed by atoms with Crippen LogP contribution < -0.4 is 10.5 Å². The minimum atomic E-state index is -0.217. The van der Waals surface area contributed by atoms with Gasteiger partial charge >= 0.3 is 0 Å². The molecule has 1 amide bonds. The lowest BCUT2D eigenvalue weighted by molar-refractivity contribution is -0.122. The minimum absolute atomic E-state index is 0.116. The second-order valence-corrected chi connectivity index (χ2v) is 11.1. The number of rotatable bonds is 6. The summed E-state index contributed by atoms with van der Waals surface area (Å²) in [7, 11) is 0. The number of thiocarbonyl (C=S) groups is 1. The molecule has 3 aromatic rings. The Hall–Kier alpha value is -3.05. The molecule has 4 heterocycles. The molecule has 0 bridgehead atoms. The maximum atomic E-state index is 13.7. The van der Waals surface area contributed by atoms with Gasteiger partial charge in [0.05, 0.1) is 23.6 Å². The minimum Gasteiger partial charge on any atom is -0.395 e. The molecule has 2 aromatic heterocycles. The zero-order chi connectivity index (χ0) is 26.1. The van der Waals surface area contributed by atoms with Crippen LogP contribution in [0.2, 0.25) is 0 Å². The van der Waals surface area contributed by atoms with Gasteiger partial charge in [-0.05, 0) is 37.1 Å². The topological polar surface area (TPSA) is 81.4 Å². The molecule has 0 spiro atoms. The van der Waals surface area contributed by atoms with Crippen molar-refractivity contribution >= 4 is 51.7 Å². The predicted octanol–water partition coefficient (Wildman–Crippen LogP) is 2.83. The molecule has 0 unspecified atom stereocenters. The summed E-state index contributed by atoms with van der Waals surface area (Å²) in [4.78, 5) is 38.3. The van der Waals surface area contributed by atoms with Crippen molar-refractivity contribution in [1.29, 1.82) is 0 Å². The van der Waals surface area contributed by atoms with Crippen molar-refractivity contribution in [3.8, 4) is 0 Å². The van der Waals surface area contributed by atoms with E-state index in [1.54, 1.807) is 21.6 Å². The van der Waals surface area contributed by atoms with Gasteiger partial charge in [0.15, 0.2) is 0 Å². The van der Waals surface area contributed by atoms with E-state index in [-0.39, 0.29) is 18.1 Å². The lowest BCUT2D eigenvalue weighted by atomic mass is 10.1. The third-order valence-corrected chi connectivity index (χ3v) is 8.06. The lowest BCUT2D eigenvalue weighted by Crippen LogP contribution is -2.48. The molecule has 0 atom stereocenters. The molecule has 1 N–H and O–H groups in total. The Bertz CT molecular complexity index is 1440. The quantitative estimate of drug-likeness (QED) is 0.381. The van der Waals surface area contributed by atoms with E-state index in [9.17, 15) is 14.7 Å². The van der Waals surface area contributed by atoms with Crippen LogP contribution in [0.4, 0.5) is 5.82 Å². The number of benzene rings is 1. The smallest absolute Gasteiger partial charge is 0.267 e. The first-order valence-corrected chi connectivity index (χ1v) is 13.5. The van der Waals surface area contributed by atoms with Crippen LogP contribution in [0, 0.1) is 13.8 Å². The number of aliphatic hydroxyl groups excluding tert-OH is 1. The van der Waals surface area contributed by atoms with Gasteiger partial charge in [-0.3, -0.25) is 23.8 Å². The summed E-state index contributed by atoms with van der Waals surface area (Å²) in [6.07, 6.45) is 3.43. The van der Waals surface area contributed by atoms with Gasteiger partial charge in [-0.25, -0.2) is 4.98 Å². The Labute approximate surface area is 225 Å². The van der Waals surface area contributed by atoms with Gasteiger partial charge in [0.25, 0.3) is 11.5 Å². The van der Waals surface area contributed by atoms with Gasteiger partial charge < -0.3 is 10.0 Å². The molecule has 192 valence electrons. The highest BCUT2D eigenvalue weighted by Crippen LogP contribution is 2.34. The van der Waals surface area contributed by atoms with Crippen molar-refractivity contribution in [3.63, 3.8) is 0 Å². The van der Waals surface area contributed by atoms with Gasteiger partial charge in [-0.1, -0.05) is 59.9 Å². The summed E-state index contributed by atoms with van der Waals surface area (Å²) >= 11 is 6.77. The first-order valence-electron chi connectivity index (χ1n) is 12.3. The number of hydrogen-bond donors (Lipinski definition) is 1. The molecular weight excluding hydrogens is 506 g/mol. The third-order valence-electron chi connectivity index (χ3n) is 6.68. The van der Waals surface area contributed by atoms with Crippen LogP contribution in [0.5, 0.6) is 0 Å². The molecule has 10 heteroatoms. The fraction of sp³-hybridized carbons (Fsp3) is 0.333. The summed E-state index contributed by atoms with van der Waals surface area (Å²) < 4.78 is 2.01. The number of pyridine rings is 1. The number of β-amino-alcohol motifs (C(OH)–C–C–N with tert-alkyl or cyclic N) is 1. The molecule has 2 aliphatic rings. The molecule has 2 fully saturated rings. The maximum Gasteiger partial charge on any atom is 0.267 e. The Balaban J connectivity index is 1.52. The standard InChI is InChI=1S/C27H29N5O3S2/c1-18-3-6-20(7-4-18)17-32-26(35)22(37-27(32)36)15-21-24(30-11-9-29(10-12-30)13-14-33)28-23-8-5-19(2)16-31(23)25(21)34/h3-8,15-16,33H,9-14,17H2,1-2H3/b22-15-. The van der Waals surface area contributed by atoms with Crippen LogP contribution in [0.15, 0.2) is 52.3 Å². The number of anilines is 1. The van der Waals surface area contributed by atoms with Crippen LogP contribution >= 0.6 is 24.0 Å². The van der Waals surface area contributed by atoms with E-state index in [0.717, 1.165) is 29.8 Å². The Morgan fingerprint density at radius 1 is 1.03 bits per heavy atom. The number of hydrogen-bond acceptors (Lipinski definition) is 8. The van der Waals surface area contributed by atoms with E-state index in [4.69, 9.17) is 17.2 Å². The summed E-state index contributed by atoms with van der Waals surface area (Å²) in [6.45, 7) is 7.93. The van der Waals surface area contributed by atoms with E-state index in [1.807, 2.05) is 50.2 Å². The molecule has 1 aromatic carbocycles. The molecule has 0 radical (unpaired) electrons. The zero-order valence-corrected chi connectivity index (χ0v) is 22.5. The first-order chi connectivity index (χ1) is 17.8. The number of carbonyl (C=O) groups excluding carboxylic acids is 1. The monoisotopic (exact) mass is 535 g/mol. The highest BCUT2D eigenvalue weighted by Gasteiger charge is 2.33. The second-order valence-electron chi connectivity index (χ2n) is 9.39. The number of aliphatic hydroxyl groups is 1. The normalized spacial score (nSPS) is 18.0. The van der Waals surface area contributed by atoms with Gasteiger partial charge in [0.2, 0.25) is 0 Å². The zero-order valence-electron chi connectivity index (χ0n) is 20.9. The molecule has 37 heavy (non-hydrogen) atoms. The maximum absolute atomic E-state index is 13.7. The fourth-order valence-corrected chi connectivity index (χ4v) is 5.82. The van der Waals surface area contributed by atoms with Gasteiger partial charge in [0.1, 0.15) is 15.8 Å². The fourth-order valence-electron chi connectivity index (χ4n) is 4.58. The largest absolute Gasteiger partial charge is 0.395 e. The van der Waals surface area contributed by atoms with Crippen molar-refractivity contribution < 1.29 is 9.90 Å². The van der Waals surface area contributed by atoms with Crippen LogP contribution in [0.25, 0.3) is 11.7 Å². The van der Waals surface area contributed by atoms with Crippen molar-refractivity contribution in [2.24, 2.45) is 0 Å². The first kappa shape index (κ1) is 25.6. The van der Waals surface area contributed by atoms with Crippen LogP contribution in [-0.4, -0.2) is 73.8 Å². The van der Waals surface area contributed by atoms with Gasteiger partial charge in [0, 0.05) is 38.9 Å². The molecule has 2 saturated heterocycles. The number of thioether (sulfide) groups is 1. The average Bonchev–Trinajstić information content (AvgIpc) is 3.15. The van der Waals surface area contributed by atoms with Crippen LogP contribution in [0.1, 0.15) is 22.3 Å². The van der Waals surface area contributed by atoms with Gasteiger partial charge in [-0.2, -0.15) is 0 Å².